The summed E-state index contributed by atoms with van der Waals surface area (Å²) >= 11 is 0. The van der Waals surface area contributed by atoms with Gasteiger partial charge in [-0.05, 0) is 68.9 Å². The van der Waals surface area contributed by atoms with E-state index in [0.29, 0.717) is 0 Å². The number of hydrogen-bond donors (Lipinski definition) is 0. The Morgan fingerprint density at radius 2 is 1.22 bits per heavy atom. The van der Waals surface area contributed by atoms with Crippen molar-refractivity contribution in [1.29, 1.82) is 0 Å². The minimum atomic E-state index is -0.398. The first-order valence-electron chi connectivity index (χ1n) is 11.1. The smallest absolute Gasteiger partial charge is 0.399 e. The molecule has 1 heterocycles. The number of anilines is 3. The maximum Gasteiger partial charge on any atom is 0.494 e. The van der Waals surface area contributed by atoms with Gasteiger partial charge in [0.05, 0.1) is 16.9 Å². The minimum Gasteiger partial charge on any atom is -0.399 e. The maximum absolute atomic E-state index is 6.33. The summed E-state index contributed by atoms with van der Waals surface area (Å²) in [5.74, 6) is 0. The Bertz CT molecular complexity index is 1230. The third-order valence-electron chi connectivity index (χ3n) is 6.68. The number of rotatable bonds is 4. The zero-order valence-corrected chi connectivity index (χ0v) is 19.1. The average Bonchev–Trinajstić information content (AvgIpc) is 3.02. The lowest BCUT2D eigenvalue weighted by Crippen LogP contribution is -2.41. The monoisotopic (exact) mass is 421 g/mol. The van der Waals surface area contributed by atoms with Crippen LogP contribution >= 0.6 is 0 Å². The quantitative estimate of drug-likeness (QED) is 0.346. The highest BCUT2D eigenvalue weighted by Crippen LogP contribution is 2.39. The summed E-state index contributed by atoms with van der Waals surface area (Å²) in [6.07, 6.45) is 0. The second kappa shape index (κ2) is 7.81. The molecule has 1 aliphatic rings. The highest BCUT2D eigenvalue weighted by atomic mass is 16.7. The van der Waals surface area contributed by atoms with E-state index in [2.05, 4.69) is 124 Å². The number of hydrogen-bond acceptors (Lipinski definition) is 3. The Balaban J connectivity index is 1.64. The molecule has 5 rings (SSSR count). The lowest BCUT2D eigenvalue weighted by molar-refractivity contribution is 0.00578. The summed E-state index contributed by atoms with van der Waals surface area (Å²) in [5, 5.41) is 2.42. The van der Waals surface area contributed by atoms with Crippen LogP contribution < -0.4 is 10.4 Å². The van der Waals surface area contributed by atoms with Gasteiger partial charge in [0.15, 0.2) is 0 Å². The fourth-order valence-corrected chi connectivity index (χ4v) is 4.20. The SMILES string of the molecule is CC1(C)OB(c2cccc(N(c3ccccc3)c3cccc4ccccc34)c2)OC1(C)C. The highest BCUT2D eigenvalue weighted by Gasteiger charge is 2.51. The second-order valence-corrected chi connectivity index (χ2v) is 9.35. The van der Waals surface area contributed by atoms with Crippen LogP contribution in [0.15, 0.2) is 97.1 Å². The average molecular weight is 421 g/mol. The van der Waals surface area contributed by atoms with Crippen molar-refractivity contribution in [1.82, 2.24) is 0 Å². The van der Waals surface area contributed by atoms with Gasteiger partial charge in [0, 0.05) is 16.8 Å². The molecule has 4 aromatic carbocycles. The number of para-hydroxylation sites is 1. The van der Waals surface area contributed by atoms with Crippen molar-refractivity contribution >= 4 is 40.4 Å². The molecule has 0 bridgehead atoms. The van der Waals surface area contributed by atoms with Gasteiger partial charge in [0.25, 0.3) is 0 Å². The summed E-state index contributed by atoms with van der Waals surface area (Å²) in [5.41, 5.74) is 3.59. The molecule has 160 valence electrons. The summed E-state index contributed by atoms with van der Waals surface area (Å²) in [7, 11) is -0.398. The minimum absolute atomic E-state index is 0.373. The van der Waals surface area contributed by atoms with Crippen molar-refractivity contribution in [3.05, 3.63) is 97.1 Å². The summed E-state index contributed by atoms with van der Waals surface area (Å²) in [6.45, 7) is 8.35. The van der Waals surface area contributed by atoms with Gasteiger partial charge in [-0.15, -0.1) is 0 Å². The fraction of sp³-hybridized carbons (Fsp3) is 0.214. The van der Waals surface area contributed by atoms with E-state index in [1.54, 1.807) is 0 Å². The van der Waals surface area contributed by atoms with Crippen LogP contribution in [0.3, 0.4) is 0 Å². The molecule has 1 saturated heterocycles. The lowest BCUT2D eigenvalue weighted by Gasteiger charge is -2.32. The molecule has 0 radical (unpaired) electrons. The van der Waals surface area contributed by atoms with Crippen LogP contribution in [-0.2, 0) is 9.31 Å². The Kier molecular flexibility index (Phi) is 5.08. The van der Waals surface area contributed by atoms with Crippen molar-refractivity contribution in [3.63, 3.8) is 0 Å². The van der Waals surface area contributed by atoms with E-state index in [0.717, 1.165) is 22.5 Å². The zero-order chi connectivity index (χ0) is 22.3. The van der Waals surface area contributed by atoms with Crippen molar-refractivity contribution in [3.8, 4) is 0 Å². The molecule has 3 nitrogen and oxygen atoms in total. The van der Waals surface area contributed by atoms with E-state index in [9.17, 15) is 0 Å². The first kappa shape index (κ1) is 20.8. The molecule has 0 aromatic heterocycles. The molecule has 0 saturated carbocycles. The molecule has 1 fully saturated rings. The van der Waals surface area contributed by atoms with Crippen molar-refractivity contribution in [2.75, 3.05) is 4.90 Å². The molecule has 0 spiro atoms. The number of fused-ring (bicyclic) bond motifs is 1. The molecule has 0 atom stereocenters. The Morgan fingerprint density at radius 3 is 1.97 bits per heavy atom. The Labute approximate surface area is 190 Å². The van der Waals surface area contributed by atoms with Crippen molar-refractivity contribution < 1.29 is 9.31 Å². The third kappa shape index (κ3) is 3.60. The second-order valence-electron chi connectivity index (χ2n) is 9.35. The molecule has 0 amide bonds. The standard InChI is InChI=1S/C28H28BNO2/c1-27(2)28(3,4)32-29(31-27)22-14-11-17-24(20-22)30(23-15-6-5-7-16-23)26-19-10-13-21-12-8-9-18-25(21)26/h5-20H,1-4H3. The van der Waals surface area contributed by atoms with Gasteiger partial charge in [-0.25, -0.2) is 0 Å². The highest BCUT2D eigenvalue weighted by molar-refractivity contribution is 6.62. The first-order chi connectivity index (χ1) is 15.4. The molecule has 4 heteroatoms. The van der Waals surface area contributed by atoms with Gasteiger partial charge >= 0.3 is 7.12 Å². The van der Waals surface area contributed by atoms with Crippen LogP contribution in [0.2, 0.25) is 0 Å². The summed E-state index contributed by atoms with van der Waals surface area (Å²) in [4.78, 5) is 2.30. The molecule has 4 aromatic rings. The zero-order valence-electron chi connectivity index (χ0n) is 19.1. The predicted molar refractivity (Wildman–Crippen MR) is 134 cm³/mol. The fourth-order valence-electron chi connectivity index (χ4n) is 4.20. The number of benzene rings is 4. The largest absolute Gasteiger partial charge is 0.494 e. The van der Waals surface area contributed by atoms with E-state index in [-0.39, 0.29) is 11.2 Å². The van der Waals surface area contributed by atoms with Gasteiger partial charge in [-0.1, -0.05) is 66.7 Å². The molecule has 0 N–H and O–H groups in total. The first-order valence-corrected chi connectivity index (χ1v) is 11.1. The third-order valence-corrected chi connectivity index (χ3v) is 6.68. The van der Waals surface area contributed by atoms with Gasteiger partial charge in [-0.2, -0.15) is 0 Å². The molecule has 1 aliphatic heterocycles. The van der Waals surface area contributed by atoms with Gasteiger partial charge in [0.1, 0.15) is 0 Å². The Morgan fingerprint density at radius 1 is 0.625 bits per heavy atom. The molecule has 32 heavy (non-hydrogen) atoms. The summed E-state index contributed by atoms with van der Waals surface area (Å²) in [6, 6.07) is 33.9. The van der Waals surface area contributed by atoms with E-state index in [4.69, 9.17) is 9.31 Å². The normalized spacial score (nSPS) is 16.9. The van der Waals surface area contributed by atoms with Crippen LogP contribution in [0, 0.1) is 0 Å². The Hall–Kier alpha value is -3.08. The molecule has 0 unspecified atom stereocenters. The van der Waals surface area contributed by atoms with Gasteiger partial charge in [0.2, 0.25) is 0 Å². The topological polar surface area (TPSA) is 21.7 Å². The maximum atomic E-state index is 6.33. The van der Waals surface area contributed by atoms with Gasteiger partial charge in [-0.3, -0.25) is 0 Å². The molecular weight excluding hydrogens is 393 g/mol. The van der Waals surface area contributed by atoms with Crippen LogP contribution in [-0.4, -0.2) is 18.3 Å². The van der Waals surface area contributed by atoms with E-state index in [1.165, 1.54) is 10.8 Å². The van der Waals surface area contributed by atoms with Crippen LogP contribution in [0.5, 0.6) is 0 Å². The van der Waals surface area contributed by atoms with E-state index < -0.39 is 7.12 Å². The summed E-state index contributed by atoms with van der Waals surface area (Å²) < 4.78 is 12.7. The van der Waals surface area contributed by atoms with Crippen LogP contribution in [0.4, 0.5) is 17.1 Å². The van der Waals surface area contributed by atoms with Crippen LogP contribution in [0.25, 0.3) is 10.8 Å². The van der Waals surface area contributed by atoms with Crippen molar-refractivity contribution in [2.24, 2.45) is 0 Å². The lowest BCUT2D eigenvalue weighted by atomic mass is 9.79. The molecule has 0 aliphatic carbocycles. The van der Waals surface area contributed by atoms with E-state index in [1.807, 2.05) is 6.07 Å². The number of nitrogens with zero attached hydrogens (tertiary/aromatic N) is 1. The van der Waals surface area contributed by atoms with Crippen molar-refractivity contribution in [2.45, 2.75) is 38.9 Å². The van der Waals surface area contributed by atoms with E-state index >= 15 is 0 Å². The molecular formula is C28H28BNO2. The van der Waals surface area contributed by atoms with Crippen LogP contribution in [0.1, 0.15) is 27.7 Å². The predicted octanol–water partition coefficient (Wildman–Crippen LogP) is 6.61. The van der Waals surface area contributed by atoms with Gasteiger partial charge < -0.3 is 14.2 Å².